The molecule has 128 valence electrons. The van der Waals surface area contributed by atoms with Crippen LogP contribution in [0.5, 0.6) is 0 Å². The van der Waals surface area contributed by atoms with Crippen molar-refractivity contribution < 1.29 is 0 Å². The highest BCUT2D eigenvalue weighted by molar-refractivity contribution is 5.91. The summed E-state index contributed by atoms with van der Waals surface area (Å²) in [6.45, 7) is 3.33. The molecule has 1 aliphatic heterocycles. The molecule has 1 unspecified atom stereocenters. The third-order valence-electron chi connectivity index (χ3n) is 5.65. The minimum Gasteiger partial charge on any atom is -0.370 e. The number of piperidine rings is 1. The van der Waals surface area contributed by atoms with E-state index in [4.69, 9.17) is 4.98 Å². The fourth-order valence-electron chi connectivity index (χ4n) is 4.18. The number of hydrogen-bond donors (Lipinski definition) is 0. The van der Waals surface area contributed by atoms with Gasteiger partial charge in [-0.2, -0.15) is 0 Å². The van der Waals surface area contributed by atoms with Crippen LogP contribution in [0.1, 0.15) is 37.4 Å². The summed E-state index contributed by atoms with van der Waals surface area (Å²) in [6.07, 6.45) is 11.3. The lowest BCUT2D eigenvalue weighted by molar-refractivity contribution is 0.464. The number of anilines is 1. The van der Waals surface area contributed by atoms with Crippen LogP contribution in [0.3, 0.4) is 0 Å². The maximum atomic E-state index is 4.74. The van der Waals surface area contributed by atoms with Crippen molar-refractivity contribution in [3.05, 3.63) is 54.7 Å². The smallest absolute Gasteiger partial charge is 0.113 e. The molecule has 25 heavy (non-hydrogen) atoms. The largest absolute Gasteiger partial charge is 0.370 e. The predicted molar refractivity (Wildman–Crippen MR) is 101 cm³/mol. The summed E-state index contributed by atoms with van der Waals surface area (Å²) in [7, 11) is 0. The molecule has 0 bridgehead atoms. The molecule has 2 aliphatic rings. The summed E-state index contributed by atoms with van der Waals surface area (Å²) < 4.78 is 2.41. The zero-order valence-electron chi connectivity index (χ0n) is 14.5. The summed E-state index contributed by atoms with van der Waals surface area (Å²) >= 11 is 0. The van der Waals surface area contributed by atoms with E-state index in [9.17, 15) is 0 Å². The highest BCUT2D eigenvalue weighted by atomic mass is 15.2. The van der Waals surface area contributed by atoms with Gasteiger partial charge in [-0.15, -0.1) is 0 Å². The molecule has 0 N–H and O–H groups in total. The van der Waals surface area contributed by atoms with Gasteiger partial charge in [-0.1, -0.05) is 18.2 Å². The highest BCUT2D eigenvalue weighted by Crippen LogP contribution is 2.35. The van der Waals surface area contributed by atoms with Gasteiger partial charge in [-0.25, -0.2) is 4.98 Å². The molecule has 1 saturated carbocycles. The van der Waals surface area contributed by atoms with E-state index in [-0.39, 0.29) is 0 Å². The summed E-state index contributed by atoms with van der Waals surface area (Å²) in [5, 5.41) is 1.26. The van der Waals surface area contributed by atoms with Gasteiger partial charge in [0.2, 0.25) is 0 Å². The average Bonchev–Trinajstić information content (AvgIpc) is 3.36. The lowest BCUT2D eigenvalue weighted by Gasteiger charge is -2.35. The van der Waals surface area contributed by atoms with Crippen LogP contribution in [0.4, 0.5) is 5.69 Å². The van der Waals surface area contributed by atoms with Crippen molar-refractivity contribution in [1.29, 1.82) is 0 Å². The number of benzene rings is 1. The molecular weight excluding hydrogens is 308 g/mol. The number of nitrogens with zero attached hydrogens (tertiary/aromatic N) is 4. The van der Waals surface area contributed by atoms with Crippen molar-refractivity contribution in [3.8, 4) is 0 Å². The first-order chi connectivity index (χ1) is 12.4. The van der Waals surface area contributed by atoms with Crippen molar-refractivity contribution >= 4 is 16.6 Å². The van der Waals surface area contributed by atoms with Crippen LogP contribution in [0, 0.1) is 5.92 Å². The number of rotatable bonds is 4. The zero-order chi connectivity index (χ0) is 16.6. The molecule has 5 rings (SSSR count). The van der Waals surface area contributed by atoms with E-state index in [1.54, 1.807) is 0 Å². The number of imidazole rings is 1. The van der Waals surface area contributed by atoms with Crippen LogP contribution < -0.4 is 4.90 Å². The molecule has 0 amide bonds. The Hall–Kier alpha value is -2.36. The molecule has 1 aliphatic carbocycles. The number of aromatic nitrogens is 3. The molecule has 3 heterocycles. The Morgan fingerprint density at radius 3 is 2.84 bits per heavy atom. The van der Waals surface area contributed by atoms with Gasteiger partial charge in [-0.3, -0.25) is 4.98 Å². The van der Waals surface area contributed by atoms with Crippen LogP contribution in [-0.4, -0.2) is 27.6 Å². The van der Waals surface area contributed by atoms with Crippen molar-refractivity contribution in [1.82, 2.24) is 14.5 Å². The van der Waals surface area contributed by atoms with E-state index < -0.39 is 0 Å². The summed E-state index contributed by atoms with van der Waals surface area (Å²) in [5.74, 6) is 2.70. The van der Waals surface area contributed by atoms with E-state index in [0.29, 0.717) is 5.92 Å². The fraction of sp³-hybridized carbons (Fsp3) is 0.429. The molecule has 1 saturated heterocycles. The van der Waals surface area contributed by atoms with Gasteiger partial charge in [0, 0.05) is 55.2 Å². The van der Waals surface area contributed by atoms with E-state index in [1.807, 2.05) is 12.4 Å². The zero-order valence-corrected chi connectivity index (χ0v) is 14.5. The van der Waals surface area contributed by atoms with E-state index in [0.717, 1.165) is 31.1 Å². The number of fused-ring (bicyclic) bond motifs is 1. The van der Waals surface area contributed by atoms with Gasteiger partial charge < -0.3 is 9.47 Å². The van der Waals surface area contributed by atoms with Crippen molar-refractivity contribution in [2.24, 2.45) is 5.92 Å². The first-order valence-corrected chi connectivity index (χ1v) is 9.48. The molecule has 0 spiro atoms. The average molecular weight is 332 g/mol. The highest BCUT2D eigenvalue weighted by Gasteiger charge is 2.28. The van der Waals surface area contributed by atoms with Crippen molar-refractivity contribution in [3.63, 3.8) is 0 Å². The van der Waals surface area contributed by atoms with Gasteiger partial charge >= 0.3 is 0 Å². The lowest BCUT2D eigenvalue weighted by atomic mass is 9.96. The Kier molecular flexibility index (Phi) is 3.69. The molecule has 1 aromatic carbocycles. The van der Waals surface area contributed by atoms with Crippen LogP contribution in [0.2, 0.25) is 0 Å². The third-order valence-corrected chi connectivity index (χ3v) is 5.65. The third kappa shape index (κ3) is 2.90. The molecule has 2 aromatic heterocycles. The quantitative estimate of drug-likeness (QED) is 0.717. The van der Waals surface area contributed by atoms with E-state index in [2.05, 4.69) is 51.0 Å². The van der Waals surface area contributed by atoms with Gasteiger partial charge in [0.05, 0.1) is 5.52 Å². The van der Waals surface area contributed by atoms with Crippen molar-refractivity contribution in [2.75, 3.05) is 18.0 Å². The Morgan fingerprint density at radius 2 is 1.92 bits per heavy atom. The minimum atomic E-state index is 0.523. The molecule has 4 nitrogen and oxygen atoms in total. The Balaban J connectivity index is 1.43. The summed E-state index contributed by atoms with van der Waals surface area (Å²) in [4.78, 5) is 11.8. The van der Waals surface area contributed by atoms with Crippen LogP contribution in [0.15, 0.2) is 48.9 Å². The molecule has 2 fully saturated rings. The number of pyridine rings is 1. The monoisotopic (exact) mass is 332 g/mol. The van der Waals surface area contributed by atoms with E-state index in [1.165, 1.54) is 42.6 Å². The van der Waals surface area contributed by atoms with Crippen LogP contribution in [0.25, 0.3) is 10.9 Å². The van der Waals surface area contributed by atoms with Gasteiger partial charge in [0.15, 0.2) is 0 Å². The molecular formula is C21H24N4. The SMILES string of the molecule is c1ccc2c(N3CCCC(c4nccn4CC4CC4)C3)ccnc2c1. The standard InChI is InChI=1S/C21H24N4/c1-2-6-19-18(5-1)20(9-10-22-19)24-12-3-4-17(15-24)21-23-11-13-25(21)14-16-7-8-16/h1-2,5-6,9-11,13,16-17H,3-4,7-8,12,14-15H2. The summed E-state index contributed by atoms with van der Waals surface area (Å²) in [5.41, 5.74) is 2.40. The second kappa shape index (κ2) is 6.17. The first-order valence-electron chi connectivity index (χ1n) is 9.48. The van der Waals surface area contributed by atoms with Crippen LogP contribution >= 0.6 is 0 Å². The lowest BCUT2D eigenvalue weighted by Crippen LogP contribution is -2.35. The second-order valence-corrected chi connectivity index (χ2v) is 7.51. The maximum absolute atomic E-state index is 4.74. The molecule has 4 heteroatoms. The Morgan fingerprint density at radius 1 is 1.00 bits per heavy atom. The predicted octanol–water partition coefficient (Wildman–Crippen LogP) is 4.23. The number of hydrogen-bond acceptors (Lipinski definition) is 3. The molecule has 1 atom stereocenters. The normalized spacial score (nSPS) is 21.0. The Labute approximate surface area is 148 Å². The van der Waals surface area contributed by atoms with Crippen LogP contribution in [-0.2, 0) is 6.54 Å². The van der Waals surface area contributed by atoms with Crippen molar-refractivity contribution in [2.45, 2.75) is 38.1 Å². The number of para-hydroxylation sites is 1. The maximum Gasteiger partial charge on any atom is 0.113 e. The summed E-state index contributed by atoms with van der Waals surface area (Å²) in [6, 6.07) is 10.6. The second-order valence-electron chi connectivity index (χ2n) is 7.51. The molecule has 0 radical (unpaired) electrons. The topological polar surface area (TPSA) is 34.0 Å². The fourth-order valence-corrected chi connectivity index (χ4v) is 4.18. The van der Waals surface area contributed by atoms with Gasteiger partial charge in [0.25, 0.3) is 0 Å². The van der Waals surface area contributed by atoms with E-state index >= 15 is 0 Å². The Bertz CT molecular complexity index is 875. The van der Waals surface area contributed by atoms with Gasteiger partial charge in [0.1, 0.15) is 5.82 Å². The first kappa shape index (κ1) is 14.9. The molecule has 3 aromatic rings. The minimum absolute atomic E-state index is 0.523. The van der Waals surface area contributed by atoms with Gasteiger partial charge in [-0.05, 0) is 43.7 Å².